The standard InChI is InChI=1S/C10H18O4.Mg.2H/c1-4-5-6-7(2)10(3,8(11)12)9(13)14;;;/h7H,4-6H2,1-3H3,(H,11,12)(H,13,14);;;. The van der Waals surface area contributed by atoms with Crippen LogP contribution in [-0.4, -0.2) is 45.2 Å². The van der Waals surface area contributed by atoms with Gasteiger partial charge >= 0.3 is 35.0 Å². The van der Waals surface area contributed by atoms with Crippen LogP contribution in [0.5, 0.6) is 0 Å². The lowest BCUT2D eigenvalue weighted by Gasteiger charge is -2.26. The number of rotatable bonds is 6. The minimum atomic E-state index is -1.66. The Hall–Kier alpha value is -0.294. The average molecular weight is 229 g/mol. The van der Waals surface area contributed by atoms with Gasteiger partial charge in [0, 0.05) is 0 Å². The fourth-order valence-electron chi connectivity index (χ4n) is 1.31. The van der Waals surface area contributed by atoms with Crippen LogP contribution in [0.15, 0.2) is 0 Å². The van der Waals surface area contributed by atoms with E-state index in [-0.39, 0.29) is 29.0 Å². The third-order valence-electron chi connectivity index (χ3n) is 2.86. The van der Waals surface area contributed by atoms with Crippen molar-refractivity contribution in [3.8, 4) is 0 Å². The Kier molecular flexibility index (Phi) is 8.05. The topological polar surface area (TPSA) is 74.6 Å². The molecule has 0 aliphatic heterocycles. The van der Waals surface area contributed by atoms with Crippen molar-refractivity contribution in [3.63, 3.8) is 0 Å². The minimum Gasteiger partial charge on any atom is -0.480 e. The lowest BCUT2D eigenvalue weighted by atomic mass is 9.76. The van der Waals surface area contributed by atoms with Crippen LogP contribution in [0.4, 0.5) is 0 Å². The molecule has 1 unspecified atom stereocenters. The highest BCUT2D eigenvalue weighted by molar-refractivity contribution is 5.98. The maximum absolute atomic E-state index is 10.9. The smallest absolute Gasteiger partial charge is 0.321 e. The van der Waals surface area contributed by atoms with E-state index >= 15 is 0 Å². The molecule has 0 rings (SSSR count). The van der Waals surface area contributed by atoms with Gasteiger partial charge < -0.3 is 10.2 Å². The number of hydrogen-bond acceptors (Lipinski definition) is 2. The maximum atomic E-state index is 10.9. The SMILES string of the molecule is CCCCC(C)C(C)(C(=O)O)C(=O)O.[MgH2]. The van der Waals surface area contributed by atoms with Crippen LogP contribution in [-0.2, 0) is 9.59 Å². The van der Waals surface area contributed by atoms with Gasteiger partial charge in [-0.05, 0) is 19.3 Å². The Morgan fingerprint density at radius 3 is 1.93 bits per heavy atom. The van der Waals surface area contributed by atoms with Gasteiger partial charge in [0.2, 0.25) is 0 Å². The molecule has 0 bridgehead atoms. The summed E-state index contributed by atoms with van der Waals surface area (Å²) in [6.07, 6.45) is 2.43. The van der Waals surface area contributed by atoms with Crippen LogP contribution in [0.1, 0.15) is 40.0 Å². The van der Waals surface area contributed by atoms with Gasteiger partial charge in [-0.25, -0.2) is 0 Å². The monoisotopic (exact) mass is 228 g/mol. The van der Waals surface area contributed by atoms with E-state index in [2.05, 4.69) is 0 Å². The summed E-state index contributed by atoms with van der Waals surface area (Å²) in [6.45, 7) is 4.95. The van der Waals surface area contributed by atoms with Crippen LogP contribution >= 0.6 is 0 Å². The van der Waals surface area contributed by atoms with Gasteiger partial charge in [-0.2, -0.15) is 0 Å². The van der Waals surface area contributed by atoms with Gasteiger partial charge in [0.05, 0.1) is 0 Å². The molecule has 5 heteroatoms. The van der Waals surface area contributed by atoms with Crippen molar-refractivity contribution < 1.29 is 19.8 Å². The number of hydrogen-bond donors (Lipinski definition) is 2. The predicted octanol–water partition coefficient (Wildman–Crippen LogP) is 1.07. The van der Waals surface area contributed by atoms with Crippen LogP contribution in [0.2, 0.25) is 0 Å². The molecule has 0 aromatic heterocycles. The molecule has 15 heavy (non-hydrogen) atoms. The lowest BCUT2D eigenvalue weighted by molar-refractivity contribution is -0.167. The molecule has 2 N–H and O–H groups in total. The first-order chi connectivity index (χ1) is 6.37. The quantitative estimate of drug-likeness (QED) is 0.527. The van der Waals surface area contributed by atoms with Crippen molar-refractivity contribution in [2.75, 3.05) is 0 Å². The van der Waals surface area contributed by atoms with Crippen molar-refractivity contribution in [1.29, 1.82) is 0 Å². The van der Waals surface area contributed by atoms with Crippen LogP contribution in [0.3, 0.4) is 0 Å². The molecule has 0 radical (unpaired) electrons. The summed E-state index contributed by atoms with van der Waals surface area (Å²) < 4.78 is 0. The molecule has 0 spiro atoms. The Balaban J connectivity index is 0. The van der Waals surface area contributed by atoms with Crippen LogP contribution in [0, 0.1) is 11.3 Å². The highest BCUT2D eigenvalue weighted by Gasteiger charge is 2.46. The van der Waals surface area contributed by atoms with Crippen LogP contribution in [0.25, 0.3) is 0 Å². The molecule has 0 aliphatic rings. The summed E-state index contributed by atoms with van der Waals surface area (Å²) in [5.41, 5.74) is -1.66. The number of carboxylic acids is 2. The molecule has 0 fully saturated rings. The summed E-state index contributed by atoms with van der Waals surface area (Å²) in [5, 5.41) is 17.8. The molecule has 0 aromatic rings. The first kappa shape index (κ1) is 17.1. The second kappa shape index (κ2) is 7.06. The van der Waals surface area contributed by atoms with Crippen molar-refractivity contribution in [1.82, 2.24) is 0 Å². The summed E-state index contributed by atoms with van der Waals surface area (Å²) in [4.78, 5) is 21.8. The number of carbonyl (C=O) groups is 2. The van der Waals surface area contributed by atoms with Gasteiger partial charge in [0.1, 0.15) is 0 Å². The van der Waals surface area contributed by atoms with E-state index < -0.39 is 17.4 Å². The predicted molar refractivity (Wildman–Crippen MR) is 60.6 cm³/mol. The zero-order valence-electron chi connectivity index (χ0n) is 8.91. The normalized spacial score (nSPS) is 12.7. The van der Waals surface area contributed by atoms with E-state index in [9.17, 15) is 9.59 Å². The number of aliphatic carboxylic acids is 2. The minimum absolute atomic E-state index is 0. The average Bonchev–Trinajstić information content (AvgIpc) is 2.11. The van der Waals surface area contributed by atoms with Crippen molar-refractivity contribution in [2.24, 2.45) is 11.3 Å². The van der Waals surface area contributed by atoms with E-state index in [1.807, 2.05) is 6.92 Å². The number of carboxylic acid groups (broad SMARTS) is 2. The van der Waals surface area contributed by atoms with E-state index in [0.29, 0.717) is 6.42 Å². The molecular formula is C10H20MgO4. The van der Waals surface area contributed by atoms with Gasteiger partial charge in [-0.1, -0.05) is 26.7 Å². The third kappa shape index (κ3) is 3.99. The van der Waals surface area contributed by atoms with Gasteiger partial charge in [-0.3, -0.25) is 9.59 Å². The highest BCUT2D eigenvalue weighted by Crippen LogP contribution is 2.31. The van der Waals surface area contributed by atoms with E-state index in [1.54, 1.807) is 6.92 Å². The van der Waals surface area contributed by atoms with Crippen molar-refractivity contribution >= 4 is 35.0 Å². The van der Waals surface area contributed by atoms with Crippen molar-refractivity contribution in [2.45, 2.75) is 40.0 Å². The summed E-state index contributed by atoms with van der Waals surface area (Å²) >= 11 is 0. The molecule has 0 amide bonds. The second-order valence-electron chi connectivity index (χ2n) is 3.86. The molecule has 0 aliphatic carbocycles. The molecule has 4 nitrogen and oxygen atoms in total. The molecule has 0 heterocycles. The Morgan fingerprint density at radius 1 is 1.27 bits per heavy atom. The second-order valence-corrected chi connectivity index (χ2v) is 3.86. The molecule has 0 saturated heterocycles. The molecule has 86 valence electrons. The van der Waals surface area contributed by atoms with Gasteiger partial charge in [0.25, 0.3) is 0 Å². The van der Waals surface area contributed by atoms with E-state index in [4.69, 9.17) is 10.2 Å². The summed E-state index contributed by atoms with van der Waals surface area (Å²) in [6, 6.07) is 0. The maximum Gasteiger partial charge on any atom is 0.321 e. The van der Waals surface area contributed by atoms with Crippen LogP contribution < -0.4 is 0 Å². The fraction of sp³-hybridized carbons (Fsp3) is 0.800. The van der Waals surface area contributed by atoms with Crippen molar-refractivity contribution in [3.05, 3.63) is 0 Å². The zero-order chi connectivity index (χ0) is 11.4. The summed E-state index contributed by atoms with van der Waals surface area (Å²) in [5.74, 6) is -2.86. The molecular weight excluding hydrogens is 208 g/mol. The third-order valence-corrected chi connectivity index (χ3v) is 2.86. The van der Waals surface area contributed by atoms with Gasteiger partial charge in [-0.15, -0.1) is 0 Å². The molecule has 0 saturated carbocycles. The molecule has 1 atom stereocenters. The van der Waals surface area contributed by atoms with Gasteiger partial charge in [0.15, 0.2) is 5.41 Å². The molecule has 0 aromatic carbocycles. The first-order valence-electron chi connectivity index (χ1n) is 4.84. The number of unbranched alkanes of at least 4 members (excludes halogenated alkanes) is 1. The van der Waals surface area contributed by atoms with E-state index in [0.717, 1.165) is 12.8 Å². The Morgan fingerprint density at radius 2 is 1.67 bits per heavy atom. The largest absolute Gasteiger partial charge is 0.480 e. The lowest BCUT2D eigenvalue weighted by Crippen LogP contribution is -2.42. The summed E-state index contributed by atoms with van der Waals surface area (Å²) in [7, 11) is 0. The fourth-order valence-corrected chi connectivity index (χ4v) is 1.31. The highest BCUT2D eigenvalue weighted by atomic mass is 24.3. The Bertz CT molecular complexity index is 213. The Labute approximate surface area is 106 Å². The first-order valence-corrected chi connectivity index (χ1v) is 4.84. The zero-order valence-corrected chi connectivity index (χ0v) is 8.91. The van der Waals surface area contributed by atoms with E-state index in [1.165, 1.54) is 6.92 Å².